The summed E-state index contributed by atoms with van der Waals surface area (Å²) in [7, 11) is -1.69. The van der Waals surface area contributed by atoms with Crippen molar-refractivity contribution in [3.05, 3.63) is 0 Å². The lowest BCUT2D eigenvalue weighted by Crippen LogP contribution is -2.41. The standard InChI is InChI=1S/C32H66O7Si/c1-7-8-9-10-11-12-13-14-15-16-17-18-19-20-31(33)38-29-27-36-25-23-34-21-22-35-24-26-37-28-30-39-40(5,6)32(2,3)4/h7-30H2,1-6H3. The van der Waals surface area contributed by atoms with Gasteiger partial charge < -0.3 is 28.1 Å². The molecule has 0 aromatic rings. The Kier molecular flexibility index (Phi) is 27.0. The third-order valence-corrected chi connectivity index (χ3v) is 12.1. The highest BCUT2D eigenvalue weighted by molar-refractivity contribution is 6.74. The first kappa shape index (κ1) is 39.5. The summed E-state index contributed by atoms with van der Waals surface area (Å²) in [5, 5.41) is 0.222. The van der Waals surface area contributed by atoms with Gasteiger partial charge in [0.25, 0.3) is 0 Å². The maximum Gasteiger partial charge on any atom is 0.305 e. The molecule has 0 radical (unpaired) electrons. The van der Waals surface area contributed by atoms with E-state index in [1.54, 1.807) is 0 Å². The molecular weight excluding hydrogens is 524 g/mol. The first-order chi connectivity index (χ1) is 19.2. The molecule has 0 aliphatic rings. The van der Waals surface area contributed by atoms with Crippen LogP contribution in [0, 0.1) is 0 Å². The highest BCUT2D eigenvalue weighted by atomic mass is 28.4. The van der Waals surface area contributed by atoms with Gasteiger partial charge in [0.15, 0.2) is 8.32 Å². The van der Waals surface area contributed by atoms with Gasteiger partial charge in [-0.1, -0.05) is 105 Å². The van der Waals surface area contributed by atoms with Crippen LogP contribution in [0.15, 0.2) is 0 Å². The van der Waals surface area contributed by atoms with Crippen LogP contribution in [0.25, 0.3) is 0 Å². The van der Waals surface area contributed by atoms with Gasteiger partial charge in [-0.25, -0.2) is 0 Å². The predicted molar refractivity (Wildman–Crippen MR) is 168 cm³/mol. The Morgan fingerprint density at radius 1 is 0.525 bits per heavy atom. The number of carbonyl (C=O) groups is 1. The molecule has 8 heteroatoms. The minimum Gasteiger partial charge on any atom is -0.463 e. The van der Waals surface area contributed by atoms with E-state index in [-0.39, 0.29) is 11.0 Å². The van der Waals surface area contributed by atoms with Crippen molar-refractivity contribution >= 4 is 14.3 Å². The van der Waals surface area contributed by atoms with Crippen molar-refractivity contribution < 1.29 is 32.9 Å². The monoisotopic (exact) mass is 590 g/mol. The van der Waals surface area contributed by atoms with Crippen LogP contribution in [0.1, 0.15) is 118 Å². The highest BCUT2D eigenvalue weighted by Gasteiger charge is 2.36. The number of hydrogen-bond donors (Lipinski definition) is 0. The van der Waals surface area contributed by atoms with Crippen LogP contribution in [0.3, 0.4) is 0 Å². The Morgan fingerprint density at radius 3 is 1.27 bits per heavy atom. The van der Waals surface area contributed by atoms with E-state index in [4.69, 9.17) is 28.1 Å². The van der Waals surface area contributed by atoms with Gasteiger partial charge in [0.05, 0.1) is 59.5 Å². The lowest BCUT2D eigenvalue weighted by Gasteiger charge is -2.36. The van der Waals surface area contributed by atoms with E-state index >= 15 is 0 Å². The van der Waals surface area contributed by atoms with Gasteiger partial charge in [0.1, 0.15) is 6.61 Å². The molecule has 7 nitrogen and oxygen atoms in total. The zero-order chi connectivity index (χ0) is 29.8. The molecule has 240 valence electrons. The molecule has 0 aliphatic carbocycles. The van der Waals surface area contributed by atoms with Crippen molar-refractivity contribution in [3.63, 3.8) is 0 Å². The summed E-state index contributed by atoms with van der Waals surface area (Å²) in [4.78, 5) is 11.8. The molecule has 0 saturated heterocycles. The maximum atomic E-state index is 11.8. The van der Waals surface area contributed by atoms with E-state index in [1.165, 1.54) is 70.6 Å². The fraction of sp³-hybridized carbons (Fsp3) is 0.969. The summed E-state index contributed by atoms with van der Waals surface area (Å²) in [6, 6.07) is 0. The lowest BCUT2D eigenvalue weighted by atomic mass is 10.0. The first-order valence-corrected chi connectivity index (χ1v) is 19.2. The Labute approximate surface area is 248 Å². The molecule has 0 aromatic heterocycles. The van der Waals surface area contributed by atoms with Crippen molar-refractivity contribution in [1.29, 1.82) is 0 Å². The molecule has 0 amide bonds. The Balaban J connectivity index is 3.25. The molecule has 0 heterocycles. The molecule has 0 aromatic carbocycles. The van der Waals surface area contributed by atoms with E-state index in [2.05, 4.69) is 40.8 Å². The fourth-order valence-electron chi connectivity index (χ4n) is 3.91. The van der Waals surface area contributed by atoms with Crippen LogP contribution < -0.4 is 0 Å². The van der Waals surface area contributed by atoms with Gasteiger partial charge >= 0.3 is 5.97 Å². The third-order valence-electron chi connectivity index (χ3n) is 7.59. The summed E-state index contributed by atoms with van der Waals surface area (Å²) in [6.07, 6.45) is 17.5. The number of hydrogen-bond acceptors (Lipinski definition) is 7. The number of carbonyl (C=O) groups excluding carboxylic acids is 1. The molecule has 40 heavy (non-hydrogen) atoms. The first-order valence-electron chi connectivity index (χ1n) is 16.3. The van der Waals surface area contributed by atoms with Crippen LogP contribution in [0.5, 0.6) is 0 Å². The minimum atomic E-state index is -1.69. The second-order valence-corrected chi connectivity index (χ2v) is 17.1. The van der Waals surface area contributed by atoms with E-state index in [0.717, 1.165) is 12.8 Å². The van der Waals surface area contributed by atoms with Crippen LogP contribution in [-0.4, -0.2) is 80.4 Å². The van der Waals surface area contributed by atoms with E-state index in [1.807, 2.05) is 0 Å². The summed E-state index contributed by atoms with van der Waals surface area (Å²) in [5.41, 5.74) is 0. The van der Waals surface area contributed by atoms with Gasteiger partial charge in [0, 0.05) is 6.42 Å². The van der Waals surface area contributed by atoms with Crippen LogP contribution >= 0.6 is 0 Å². The fourth-order valence-corrected chi connectivity index (χ4v) is 4.93. The smallest absolute Gasteiger partial charge is 0.305 e. The Morgan fingerprint density at radius 2 is 0.875 bits per heavy atom. The summed E-state index contributed by atoms with van der Waals surface area (Å²) >= 11 is 0. The van der Waals surface area contributed by atoms with Crippen LogP contribution in [-0.2, 0) is 32.9 Å². The normalized spacial score (nSPS) is 12.2. The second kappa shape index (κ2) is 27.3. The average molecular weight is 591 g/mol. The molecule has 0 rings (SSSR count). The van der Waals surface area contributed by atoms with Crippen molar-refractivity contribution in [3.8, 4) is 0 Å². The Hall–Kier alpha value is -0.513. The molecule has 0 spiro atoms. The molecule has 0 unspecified atom stereocenters. The number of unbranched alkanes of at least 4 members (excludes halogenated alkanes) is 12. The number of ether oxygens (including phenoxy) is 5. The lowest BCUT2D eigenvalue weighted by molar-refractivity contribution is -0.145. The van der Waals surface area contributed by atoms with Crippen molar-refractivity contribution in [2.45, 2.75) is 136 Å². The van der Waals surface area contributed by atoms with Crippen LogP contribution in [0.2, 0.25) is 18.1 Å². The van der Waals surface area contributed by atoms with Crippen molar-refractivity contribution in [2.24, 2.45) is 0 Å². The summed E-state index contributed by atoms with van der Waals surface area (Å²) in [5.74, 6) is -0.118. The maximum absolute atomic E-state index is 11.8. The van der Waals surface area contributed by atoms with Gasteiger partial charge in [-0.3, -0.25) is 4.79 Å². The number of esters is 1. The van der Waals surface area contributed by atoms with Crippen molar-refractivity contribution in [2.75, 3.05) is 66.1 Å². The van der Waals surface area contributed by atoms with E-state index < -0.39 is 8.32 Å². The van der Waals surface area contributed by atoms with Gasteiger partial charge in [-0.15, -0.1) is 0 Å². The van der Waals surface area contributed by atoms with Gasteiger partial charge in [-0.2, -0.15) is 0 Å². The molecule has 0 aliphatic heterocycles. The predicted octanol–water partition coefficient (Wildman–Crippen LogP) is 8.10. The zero-order valence-electron chi connectivity index (χ0n) is 27.3. The third kappa shape index (κ3) is 26.4. The zero-order valence-corrected chi connectivity index (χ0v) is 28.3. The summed E-state index contributed by atoms with van der Waals surface area (Å²) in [6.45, 7) is 18.5. The average Bonchev–Trinajstić information content (AvgIpc) is 2.90. The number of rotatable bonds is 30. The highest BCUT2D eigenvalue weighted by Crippen LogP contribution is 2.36. The second-order valence-electron chi connectivity index (χ2n) is 12.3. The molecule has 0 atom stereocenters. The molecule has 0 bridgehead atoms. The molecule has 0 fully saturated rings. The van der Waals surface area contributed by atoms with E-state index in [0.29, 0.717) is 72.5 Å². The summed E-state index contributed by atoms with van der Waals surface area (Å²) < 4.78 is 33.4. The topological polar surface area (TPSA) is 72.5 Å². The molecule has 0 saturated carbocycles. The molecule has 0 N–H and O–H groups in total. The largest absolute Gasteiger partial charge is 0.463 e. The van der Waals surface area contributed by atoms with Crippen LogP contribution in [0.4, 0.5) is 0 Å². The van der Waals surface area contributed by atoms with Gasteiger partial charge in [-0.05, 0) is 24.6 Å². The van der Waals surface area contributed by atoms with Gasteiger partial charge in [0.2, 0.25) is 0 Å². The minimum absolute atomic E-state index is 0.118. The SMILES string of the molecule is CCCCCCCCCCCCCCCC(=O)OCCOCCOCCOCCOCCO[Si](C)(C)C(C)(C)C. The molecular formula is C32H66O7Si. The van der Waals surface area contributed by atoms with Crippen molar-refractivity contribution in [1.82, 2.24) is 0 Å². The quantitative estimate of drug-likeness (QED) is 0.0475. The van der Waals surface area contributed by atoms with E-state index in [9.17, 15) is 4.79 Å². The Bertz CT molecular complexity index is 552.